The number of halogens is 1. The van der Waals surface area contributed by atoms with Crippen LogP contribution in [0.5, 0.6) is 0 Å². The third-order valence-electron chi connectivity index (χ3n) is 2.74. The molecule has 0 saturated carbocycles. The summed E-state index contributed by atoms with van der Waals surface area (Å²) in [6.45, 7) is 4.13. The quantitative estimate of drug-likeness (QED) is 0.689. The third-order valence-corrected chi connectivity index (χ3v) is 2.91. The minimum Gasteiger partial charge on any atom is -0.356 e. The van der Waals surface area contributed by atoms with Crippen molar-refractivity contribution in [2.45, 2.75) is 32.6 Å². The molecule has 0 N–H and O–H groups in total. The van der Waals surface area contributed by atoms with Crippen LogP contribution in [-0.2, 0) is 0 Å². The molecule has 0 amide bonds. The van der Waals surface area contributed by atoms with Gasteiger partial charge in [-0.05, 0) is 31.4 Å². The molecule has 1 fully saturated rings. The van der Waals surface area contributed by atoms with Gasteiger partial charge in [0, 0.05) is 24.8 Å². The van der Waals surface area contributed by atoms with Crippen LogP contribution in [0.15, 0.2) is 6.07 Å². The zero-order valence-corrected chi connectivity index (χ0v) is 9.80. The monoisotopic (exact) mass is 225 g/mol. The first kappa shape index (κ1) is 10.7. The van der Waals surface area contributed by atoms with Gasteiger partial charge in [0.05, 0.1) is 0 Å². The molecule has 0 aliphatic carbocycles. The Balaban J connectivity index is 2.19. The van der Waals surface area contributed by atoms with E-state index in [1.165, 1.54) is 25.7 Å². The second-order valence-corrected chi connectivity index (χ2v) is 4.38. The van der Waals surface area contributed by atoms with Crippen molar-refractivity contribution < 1.29 is 0 Å². The highest BCUT2D eigenvalue weighted by molar-refractivity contribution is 6.28. The second-order valence-electron chi connectivity index (χ2n) is 4.04. The van der Waals surface area contributed by atoms with E-state index in [9.17, 15) is 0 Å². The minimum atomic E-state index is 0.356. The largest absolute Gasteiger partial charge is 0.356 e. The van der Waals surface area contributed by atoms with Gasteiger partial charge in [-0.25, -0.2) is 9.97 Å². The molecule has 1 aromatic heterocycles. The lowest BCUT2D eigenvalue weighted by Crippen LogP contribution is -2.25. The van der Waals surface area contributed by atoms with E-state index in [0.717, 1.165) is 24.6 Å². The maximum atomic E-state index is 5.86. The van der Waals surface area contributed by atoms with Gasteiger partial charge >= 0.3 is 0 Å². The molecule has 0 unspecified atom stereocenters. The first-order chi connectivity index (χ1) is 7.25. The van der Waals surface area contributed by atoms with Gasteiger partial charge in [-0.3, -0.25) is 0 Å². The fourth-order valence-electron chi connectivity index (χ4n) is 1.98. The van der Waals surface area contributed by atoms with Gasteiger partial charge in [0.2, 0.25) is 5.28 Å². The lowest BCUT2D eigenvalue weighted by molar-refractivity contribution is 0.726. The zero-order chi connectivity index (χ0) is 10.7. The summed E-state index contributed by atoms with van der Waals surface area (Å²) in [5, 5.41) is 0.356. The Morgan fingerprint density at radius 3 is 2.40 bits per heavy atom. The highest BCUT2D eigenvalue weighted by Crippen LogP contribution is 2.19. The Bertz CT molecular complexity index is 312. The van der Waals surface area contributed by atoms with E-state index in [1.807, 2.05) is 13.0 Å². The molecule has 82 valence electrons. The molecule has 0 aromatic carbocycles. The Morgan fingerprint density at radius 1 is 1.13 bits per heavy atom. The summed E-state index contributed by atoms with van der Waals surface area (Å²) < 4.78 is 0. The molecular formula is C11H16ClN3. The van der Waals surface area contributed by atoms with Crippen LogP contribution >= 0.6 is 11.6 Å². The molecule has 0 radical (unpaired) electrons. The summed E-state index contributed by atoms with van der Waals surface area (Å²) in [5.41, 5.74) is 0.939. The van der Waals surface area contributed by atoms with Gasteiger partial charge in [-0.1, -0.05) is 12.8 Å². The van der Waals surface area contributed by atoms with Gasteiger partial charge in [-0.15, -0.1) is 0 Å². The molecule has 15 heavy (non-hydrogen) atoms. The Labute approximate surface area is 95.5 Å². The number of hydrogen-bond acceptors (Lipinski definition) is 3. The van der Waals surface area contributed by atoms with Crippen LogP contribution in [0.2, 0.25) is 5.28 Å². The molecule has 1 saturated heterocycles. The van der Waals surface area contributed by atoms with Gasteiger partial charge in [-0.2, -0.15) is 0 Å². The van der Waals surface area contributed by atoms with Crippen LogP contribution in [0.3, 0.4) is 0 Å². The number of nitrogens with zero attached hydrogens (tertiary/aromatic N) is 3. The van der Waals surface area contributed by atoms with Crippen molar-refractivity contribution in [3.8, 4) is 0 Å². The highest BCUT2D eigenvalue weighted by atomic mass is 35.5. The van der Waals surface area contributed by atoms with E-state index in [4.69, 9.17) is 11.6 Å². The third kappa shape index (κ3) is 2.81. The number of rotatable bonds is 1. The average molecular weight is 226 g/mol. The minimum absolute atomic E-state index is 0.356. The molecule has 1 aromatic rings. The van der Waals surface area contributed by atoms with Crippen molar-refractivity contribution in [3.05, 3.63) is 17.0 Å². The van der Waals surface area contributed by atoms with Gasteiger partial charge in [0.1, 0.15) is 5.82 Å². The maximum Gasteiger partial charge on any atom is 0.224 e. The molecule has 0 bridgehead atoms. The van der Waals surface area contributed by atoms with Crippen LogP contribution in [0.1, 0.15) is 31.4 Å². The van der Waals surface area contributed by atoms with E-state index in [1.54, 1.807) is 0 Å². The first-order valence-electron chi connectivity index (χ1n) is 5.52. The predicted molar refractivity (Wildman–Crippen MR) is 62.5 cm³/mol. The average Bonchev–Trinajstić information content (AvgIpc) is 2.43. The fourth-order valence-corrected chi connectivity index (χ4v) is 2.20. The second kappa shape index (κ2) is 4.79. The van der Waals surface area contributed by atoms with E-state index in [0.29, 0.717) is 5.28 Å². The van der Waals surface area contributed by atoms with Crippen molar-refractivity contribution in [2.24, 2.45) is 0 Å². The van der Waals surface area contributed by atoms with Crippen LogP contribution < -0.4 is 4.90 Å². The van der Waals surface area contributed by atoms with Crippen LogP contribution in [0.4, 0.5) is 5.82 Å². The van der Waals surface area contributed by atoms with E-state index in [-0.39, 0.29) is 0 Å². The summed E-state index contributed by atoms with van der Waals surface area (Å²) in [5.74, 6) is 0.981. The lowest BCUT2D eigenvalue weighted by Gasteiger charge is -2.21. The first-order valence-corrected chi connectivity index (χ1v) is 5.89. The predicted octanol–water partition coefficient (Wildman–Crippen LogP) is 2.82. The summed E-state index contributed by atoms with van der Waals surface area (Å²) in [7, 11) is 0. The van der Waals surface area contributed by atoms with Gasteiger partial charge in [0.15, 0.2) is 0 Å². The fraction of sp³-hybridized carbons (Fsp3) is 0.636. The van der Waals surface area contributed by atoms with Crippen LogP contribution in [0.25, 0.3) is 0 Å². The molecular weight excluding hydrogens is 210 g/mol. The summed E-state index contributed by atoms with van der Waals surface area (Å²) in [6, 6.07) is 2.01. The highest BCUT2D eigenvalue weighted by Gasteiger charge is 2.12. The van der Waals surface area contributed by atoms with Gasteiger partial charge < -0.3 is 4.90 Å². The zero-order valence-electron chi connectivity index (χ0n) is 9.04. The van der Waals surface area contributed by atoms with Crippen molar-refractivity contribution in [3.63, 3.8) is 0 Å². The molecule has 4 heteroatoms. The normalized spacial score (nSPS) is 17.6. The van der Waals surface area contributed by atoms with E-state index < -0.39 is 0 Å². The molecule has 3 nitrogen and oxygen atoms in total. The molecule has 2 heterocycles. The Hall–Kier alpha value is -0.830. The van der Waals surface area contributed by atoms with Crippen molar-refractivity contribution >= 4 is 17.4 Å². The maximum absolute atomic E-state index is 5.86. The van der Waals surface area contributed by atoms with Crippen LogP contribution in [0, 0.1) is 6.92 Å². The summed E-state index contributed by atoms with van der Waals surface area (Å²) in [6.07, 6.45) is 5.16. The van der Waals surface area contributed by atoms with Crippen molar-refractivity contribution in [1.82, 2.24) is 9.97 Å². The molecule has 0 spiro atoms. The molecule has 1 aliphatic heterocycles. The Morgan fingerprint density at radius 2 is 1.80 bits per heavy atom. The van der Waals surface area contributed by atoms with Crippen LogP contribution in [-0.4, -0.2) is 23.1 Å². The number of anilines is 1. The summed E-state index contributed by atoms with van der Waals surface area (Å²) in [4.78, 5) is 10.7. The molecule has 0 atom stereocenters. The summed E-state index contributed by atoms with van der Waals surface area (Å²) >= 11 is 5.86. The SMILES string of the molecule is Cc1cc(N2CCCCCC2)nc(Cl)n1. The van der Waals surface area contributed by atoms with Gasteiger partial charge in [0.25, 0.3) is 0 Å². The molecule has 1 aliphatic rings. The van der Waals surface area contributed by atoms with E-state index in [2.05, 4.69) is 14.9 Å². The van der Waals surface area contributed by atoms with Crippen molar-refractivity contribution in [1.29, 1.82) is 0 Å². The lowest BCUT2D eigenvalue weighted by atomic mass is 10.2. The Kier molecular flexibility index (Phi) is 3.41. The number of hydrogen-bond donors (Lipinski definition) is 0. The standard InChI is InChI=1S/C11H16ClN3/c1-9-8-10(14-11(12)13-9)15-6-4-2-3-5-7-15/h8H,2-7H2,1H3. The number of aryl methyl sites for hydroxylation is 1. The smallest absolute Gasteiger partial charge is 0.224 e. The topological polar surface area (TPSA) is 29.0 Å². The van der Waals surface area contributed by atoms with E-state index >= 15 is 0 Å². The molecule has 2 rings (SSSR count). The number of aromatic nitrogens is 2. The van der Waals surface area contributed by atoms with Crippen molar-refractivity contribution in [2.75, 3.05) is 18.0 Å².